The van der Waals surface area contributed by atoms with Crippen LogP contribution >= 0.6 is 0 Å². The molecule has 2 aromatic rings. The van der Waals surface area contributed by atoms with Crippen molar-refractivity contribution in [2.45, 2.75) is 18.0 Å². The van der Waals surface area contributed by atoms with Crippen LogP contribution in [0, 0.1) is 11.6 Å². The maximum Gasteiger partial charge on any atom is 0.242 e. The minimum Gasteiger partial charge on any atom is -0.363 e. The first-order valence-electron chi connectivity index (χ1n) is 6.18. The molecule has 0 aliphatic carbocycles. The van der Waals surface area contributed by atoms with E-state index in [-0.39, 0.29) is 17.0 Å². The van der Waals surface area contributed by atoms with Crippen LogP contribution in [-0.4, -0.2) is 20.4 Å². The van der Waals surface area contributed by atoms with Crippen LogP contribution in [0.5, 0.6) is 0 Å². The SMILES string of the molecule is CNCc1cc(S(=O)(=O)NCc2cc(F)ccc2F)c[nH]1. The van der Waals surface area contributed by atoms with Gasteiger partial charge in [0.25, 0.3) is 0 Å². The smallest absolute Gasteiger partial charge is 0.242 e. The molecule has 0 unspecified atom stereocenters. The molecule has 0 aliphatic heterocycles. The largest absolute Gasteiger partial charge is 0.363 e. The van der Waals surface area contributed by atoms with Gasteiger partial charge >= 0.3 is 0 Å². The van der Waals surface area contributed by atoms with Crippen LogP contribution in [0.1, 0.15) is 11.3 Å². The van der Waals surface area contributed by atoms with Crippen molar-refractivity contribution in [1.29, 1.82) is 0 Å². The van der Waals surface area contributed by atoms with Crippen LogP contribution < -0.4 is 10.0 Å². The lowest BCUT2D eigenvalue weighted by molar-refractivity contribution is 0.567. The second-order valence-electron chi connectivity index (χ2n) is 4.45. The van der Waals surface area contributed by atoms with E-state index < -0.39 is 21.7 Å². The molecule has 0 bridgehead atoms. The summed E-state index contributed by atoms with van der Waals surface area (Å²) in [6.07, 6.45) is 1.34. The number of rotatable bonds is 6. The van der Waals surface area contributed by atoms with Gasteiger partial charge in [-0.3, -0.25) is 0 Å². The first-order valence-corrected chi connectivity index (χ1v) is 7.66. The summed E-state index contributed by atoms with van der Waals surface area (Å²) in [6, 6.07) is 4.37. The number of nitrogens with one attached hydrogen (secondary N) is 3. The van der Waals surface area contributed by atoms with Crippen molar-refractivity contribution in [3.63, 3.8) is 0 Å². The highest BCUT2D eigenvalue weighted by Crippen LogP contribution is 2.13. The van der Waals surface area contributed by atoms with Gasteiger partial charge in [-0.1, -0.05) is 0 Å². The van der Waals surface area contributed by atoms with Crippen molar-refractivity contribution in [2.75, 3.05) is 7.05 Å². The molecule has 8 heteroatoms. The Morgan fingerprint density at radius 3 is 2.67 bits per heavy atom. The van der Waals surface area contributed by atoms with Gasteiger partial charge in [-0.15, -0.1) is 0 Å². The van der Waals surface area contributed by atoms with Gasteiger partial charge in [-0.05, 0) is 31.3 Å². The zero-order valence-electron chi connectivity index (χ0n) is 11.3. The van der Waals surface area contributed by atoms with E-state index in [1.54, 1.807) is 7.05 Å². The zero-order valence-corrected chi connectivity index (χ0v) is 12.1. The van der Waals surface area contributed by atoms with Crippen molar-refractivity contribution in [3.8, 4) is 0 Å². The maximum atomic E-state index is 13.4. The highest BCUT2D eigenvalue weighted by molar-refractivity contribution is 7.89. The predicted molar refractivity (Wildman–Crippen MR) is 73.9 cm³/mol. The van der Waals surface area contributed by atoms with E-state index in [0.29, 0.717) is 12.2 Å². The molecule has 0 amide bonds. The van der Waals surface area contributed by atoms with Crippen LogP contribution in [0.3, 0.4) is 0 Å². The quantitative estimate of drug-likeness (QED) is 0.756. The number of benzene rings is 1. The van der Waals surface area contributed by atoms with Gasteiger partial charge in [0.15, 0.2) is 0 Å². The van der Waals surface area contributed by atoms with Crippen LogP contribution in [0.4, 0.5) is 8.78 Å². The number of H-pyrrole nitrogens is 1. The molecule has 0 fully saturated rings. The van der Waals surface area contributed by atoms with Gasteiger partial charge in [0, 0.05) is 30.5 Å². The number of hydrogen-bond donors (Lipinski definition) is 3. The number of aromatic nitrogens is 1. The van der Waals surface area contributed by atoms with Gasteiger partial charge in [0.2, 0.25) is 10.0 Å². The van der Waals surface area contributed by atoms with Crippen LogP contribution in [-0.2, 0) is 23.1 Å². The molecule has 0 spiro atoms. The van der Waals surface area contributed by atoms with Gasteiger partial charge in [-0.25, -0.2) is 21.9 Å². The molecule has 2 rings (SSSR count). The third-order valence-electron chi connectivity index (χ3n) is 2.85. The van der Waals surface area contributed by atoms with Crippen molar-refractivity contribution >= 4 is 10.0 Å². The second kappa shape index (κ2) is 6.33. The third kappa shape index (κ3) is 3.87. The summed E-state index contributed by atoms with van der Waals surface area (Å²) in [7, 11) is -2.05. The van der Waals surface area contributed by atoms with E-state index in [1.165, 1.54) is 12.3 Å². The molecule has 21 heavy (non-hydrogen) atoms. The zero-order chi connectivity index (χ0) is 15.5. The lowest BCUT2D eigenvalue weighted by Gasteiger charge is -2.06. The maximum absolute atomic E-state index is 13.4. The summed E-state index contributed by atoms with van der Waals surface area (Å²) in [4.78, 5) is 2.86. The molecule has 1 heterocycles. The van der Waals surface area contributed by atoms with Gasteiger partial charge in [0.1, 0.15) is 11.6 Å². The summed E-state index contributed by atoms with van der Waals surface area (Å²) in [5.41, 5.74) is 0.652. The van der Waals surface area contributed by atoms with E-state index in [4.69, 9.17) is 0 Å². The molecule has 5 nitrogen and oxygen atoms in total. The molecule has 1 aromatic heterocycles. The lowest BCUT2D eigenvalue weighted by Crippen LogP contribution is -2.23. The number of aromatic amines is 1. The highest BCUT2D eigenvalue weighted by Gasteiger charge is 2.16. The van der Waals surface area contributed by atoms with Crippen LogP contribution in [0.15, 0.2) is 35.4 Å². The van der Waals surface area contributed by atoms with Crippen LogP contribution in [0.25, 0.3) is 0 Å². The fourth-order valence-corrected chi connectivity index (χ4v) is 2.83. The number of hydrogen-bond acceptors (Lipinski definition) is 3. The molecule has 0 saturated heterocycles. The first kappa shape index (κ1) is 15.6. The van der Waals surface area contributed by atoms with Crippen molar-refractivity contribution in [2.24, 2.45) is 0 Å². The van der Waals surface area contributed by atoms with E-state index in [2.05, 4.69) is 15.0 Å². The Morgan fingerprint density at radius 1 is 1.19 bits per heavy atom. The molecule has 0 radical (unpaired) electrons. The fourth-order valence-electron chi connectivity index (χ4n) is 1.80. The van der Waals surface area contributed by atoms with Gasteiger partial charge < -0.3 is 10.3 Å². The molecule has 1 aromatic carbocycles. The molecular weight excluding hydrogens is 300 g/mol. The summed E-state index contributed by atoms with van der Waals surface area (Å²) >= 11 is 0. The number of halogens is 2. The van der Waals surface area contributed by atoms with Crippen molar-refractivity contribution in [3.05, 3.63) is 53.4 Å². The Hall–Kier alpha value is -1.77. The Morgan fingerprint density at radius 2 is 1.95 bits per heavy atom. The lowest BCUT2D eigenvalue weighted by atomic mass is 10.2. The average Bonchev–Trinajstić information content (AvgIpc) is 2.90. The highest BCUT2D eigenvalue weighted by atomic mass is 32.2. The topological polar surface area (TPSA) is 74.0 Å². The fraction of sp³-hybridized carbons (Fsp3) is 0.231. The normalized spacial score (nSPS) is 11.8. The van der Waals surface area contributed by atoms with E-state index >= 15 is 0 Å². The van der Waals surface area contributed by atoms with E-state index in [0.717, 1.165) is 18.2 Å². The summed E-state index contributed by atoms with van der Waals surface area (Å²) in [5.74, 6) is -1.28. The molecule has 0 saturated carbocycles. The minimum absolute atomic E-state index is 0.0459. The summed E-state index contributed by atoms with van der Waals surface area (Å²) in [5, 5.41) is 2.88. The molecule has 114 valence electrons. The Labute approximate surface area is 121 Å². The van der Waals surface area contributed by atoms with E-state index in [1.807, 2.05) is 0 Å². The van der Waals surface area contributed by atoms with Gasteiger partial charge in [0.05, 0.1) is 4.90 Å². The van der Waals surface area contributed by atoms with Crippen molar-refractivity contribution in [1.82, 2.24) is 15.0 Å². The predicted octanol–water partition coefficient (Wildman–Crippen LogP) is 1.49. The molecule has 0 atom stereocenters. The average molecular weight is 315 g/mol. The Bertz CT molecular complexity index is 729. The second-order valence-corrected chi connectivity index (χ2v) is 6.22. The van der Waals surface area contributed by atoms with Crippen LogP contribution in [0.2, 0.25) is 0 Å². The molecular formula is C13H15F2N3O2S. The summed E-state index contributed by atoms with van der Waals surface area (Å²) in [6.45, 7) is 0.173. The first-order chi connectivity index (χ1) is 9.92. The Balaban J connectivity index is 2.11. The van der Waals surface area contributed by atoms with Gasteiger partial charge in [-0.2, -0.15) is 0 Å². The van der Waals surface area contributed by atoms with E-state index in [9.17, 15) is 17.2 Å². The third-order valence-corrected chi connectivity index (χ3v) is 4.23. The summed E-state index contributed by atoms with van der Waals surface area (Å²) < 4.78 is 52.8. The van der Waals surface area contributed by atoms with Crippen molar-refractivity contribution < 1.29 is 17.2 Å². The monoisotopic (exact) mass is 315 g/mol. The molecule has 3 N–H and O–H groups in total. The standard InChI is InChI=1S/C13H15F2N3O2S/c1-16-7-11-5-12(8-17-11)21(19,20)18-6-9-4-10(14)2-3-13(9)15/h2-5,8,16-18H,6-7H2,1H3. The minimum atomic E-state index is -3.78. The molecule has 0 aliphatic rings. The Kier molecular flexibility index (Phi) is 4.71. The number of sulfonamides is 1.